The molecule has 1 aromatic carbocycles. The smallest absolute Gasteiger partial charge is 0.274 e. The van der Waals surface area contributed by atoms with Crippen LogP contribution in [0.3, 0.4) is 0 Å². The van der Waals surface area contributed by atoms with E-state index in [-0.39, 0.29) is 29.8 Å². The van der Waals surface area contributed by atoms with Crippen LogP contribution in [0.15, 0.2) is 30.6 Å². The highest BCUT2D eigenvalue weighted by Gasteiger charge is 2.19. The highest BCUT2D eigenvalue weighted by Crippen LogP contribution is 2.21. The number of halogens is 2. The van der Waals surface area contributed by atoms with Crippen molar-refractivity contribution in [3.8, 4) is 0 Å². The summed E-state index contributed by atoms with van der Waals surface area (Å²) >= 11 is 12.0. The molecule has 156 valence electrons. The molecule has 2 aromatic rings. The van der Waals surface area contributed by atoms with Crippen LogP contribution in [-0.2, 0) is 11.2 Å². The number of carbonyl (C=O) groups excluding carboxylic acids is 2. The molecule has 2 rings (SSSR count). The zero-order valence-corrected chi connectivity index (χ0v) is 18.4. The third kappa shape index (κ3) is 7.63. The van der Waals surface area contributed by atoms with Crippen molar-refractivity contribution in [1.29, 1.82) is 0 Å². The number of aryl methyl sites for hydroxylation is 1. The minimum absolute atomic E-state index is 0.119. The topological polar surface area (TPSA) is 75.2 Å². The van der Waals surface area contributed by atoms with Gasteiger partial charge in [-0.15, -0.1) is 0 Å². The average Bonchev–Trinajstić information content (AvgIpc) is 2.66. The van der Waals surface area contributed by atoms with Crippen molar-refractivity contribution >= 4 is 35.0 Å². The first-order valence-electron chi connectivity index (χ1n) is 9.54. The molecule has 0 saturated carbocycles. The van der Waals surface area contributed by atoms with E-state index in [0.29, 0.717) is 36.1 Å². The van der Waals surface area contributed by atoms with E-state index >= 15 is 0 Å². The number of aromatic nitrogens is 2. The second-order valence-corrected chi connectivity index (χ2v) is 8.12. The molecule has 1 heterocycles. The van der Waals surface area contributed by atoms with Crippen molar-refractivity contribution in [3.63, 3.8) is 0 Å². The fourth-order valence-electron chi connectivity index (χ4n) is 2.77. The fourth-order valence-corrected chi connectivity index (χ4v) is 3.27. The lowest BCUT2D eigenvalue weighted by Crippen LogP contribution is -2.38. The highest BCUT2D eigenvalue weighted by atomic mass is 35.5. The van der Waals surface area contributed by atoms with E-state index in [1.165, 1.54) is 6.20 Å². The first kappa shape index (κ1) is 23.1. The monoisotopic (exact) mass is 436 g/mol. The summed E-state index contributed by atoms with van der Waals surface area (Å²) in [5.41, 5.74) is 1.96. The van der Waals surface area contributed by atoms with Gasteiger partial charge in [0.05, 0.1) is 11.9 Å². The molecule has 1 N–H and O–H groups in total. The predicted octanol–water partition coefficient (Wildman–Crippen LogP) is 3.94. The molecule has 0 saturated heterocycles. The van der Waals surface area contributed by atoms with Crippen molar-refractivity contribution in [2.24, 2.45) is 5.92 Å². The van der Waals surface area contributed by atoms with Gasteiger partial charge >= 0.3 is 0 Å². The maximum Gasteiger partial charge on any atom is 0.274 e. The molecule has 0 atom stereocenters. The first-order chi connectivity index (χ1) is 13.8. The van der Waals surface area contributed by atoms with Crippen molar-refractivity contribution in [2.45, 2.75) is 33.6 Å². The van der Waals surface area contributed by atoms with Gasteiger partial charge in [-0.1, -0.05) is 43.1 Å². The largest absolute Gasteiger partial charge is 0.356 e. The second-order valence-electron chi connectivity index (χ2n) is 7.27. The number of rotatable bonds is 9. The Hall–Kier alpha value is -2.18. The maximum absolute atomic E-state index is 12.7. The van der Waals surface area contributed by atoms with Gasteiger partial charge in [-0.25, -0.2) is 4.98 Å². The number of benzene rings is 1. The molecule has 0 aliphatic carbocycles. The Labute approximate surface area is 181 Å². The SMILES string of the molecule is Cc1cnc(C(=O)N(CCC(=O)NCCc2ccc(Cl)cc2Cl)CC(C)C)cn1. The van der Waals surface area contributed by atoms with Crippen LogP contribution in [-0.4, -0.2) is 46.3 Å². The number of hydrogen-bond donors (Lipinski definition) is 1. The van der Waals surface area contributed by atoms with E-state index in [1.807, 2.05) is 26.8 Å². The lowest BCUT2D eigenvalue weighted by molar-refractivity contribution is -0.121. The number of carbonyl (C=O) groups is 2. The zero-order chi connectivity index (χ0) is 21.4. The standard InChI is InChI=1S/C21H26Cl2N4O2/c1-14(2)13-27(21(29)19-12-25-15(3)11-26-19)9-7-20(28)24-8-6-16-4-5-17(22)10-18(16)23/h4-5,10-12,14H,6-9,13H2,1-3H3,(H,24,28). The predicted molar refractivity (Wildman–Crippen MR) is 115 cm³/mol. The molecule has 1 aromatic heterocycles. The zero-order valence-electron chi connectivity index (χ0n) is 16.9. The van der Waals surface area contributed by atoms with Crippen LogP contribution >= 0.6 is 23.2 Å². The van der Waals surface area contributed by atoms with Crippen molar-refractivity contribution in [2.75, 3.05) is 19.6 Å². The number of nitrogens with one attached hydrogen (secondary N) is 1. The number of amides is 2. The summed E-state index contributed by atoms with van der Waals surface area (Å²) in [5, 5.41) is 4.03. The summed E-state index contributed by atoms with van der Waals surface area (Å²) in [6, 6.07) is 5.31. The highest BCUT2D eigenvalue weighted by molar-refractivity contribution is 6.35. The third-order valence-electron chi connectivity index (χ3n) is 4.21. The summed E-state index contributed by atoms with van der Waals surface area (Å²) in [6.45, 7) is 7.19. The van der Waals surface area contributed by atoms with E-state index < -0.39 is 0 Å². The van der Waals surface area contributed by atoms with Gasteiger partial charge in [-0.3, -0.25) is 14.6 Å². The molecule has 0 unspecified atom stereocenters. The molecule has 0 bridgehead atoms. The molecule has 6 nitrogen and oxygen atoms in total. The summed E-state index contributed by atoms with van der Waals surface area (Å²) in [5.74, 6) is -0.0638. The number of nitrogens with zero attached hydrogens (tertiary/aromatic N) is 3. The van der Waals surface area contributed by atoms with Gasteiger partial charge in [0, 0.05) is 42.3 Å². The van der Waals surface area contributed by atoms with Crippen LogP contribution in [0.2, 0.25) is 10.0 Å². The van der Waals surface area contributed by atoms with E-state index in [0.717, 1.165) is 11.3 Å². The molecule has 0 aliphatic rings. The van der Waals surface area contributed by atoms with E-state index in [4.69, 9.17) is 23.2 Å². The van der Waals surface area contributed by atoms with E-state index in [2.05, 4.69) is 15.3 Å². The fraction of sp³-hybridized carbons (Fsp3) is 0.429. The Morgan fingerprint density at radius 3 is 2.55 bits per heavy atom. The summed E-state index contributed by atoms with van der Waals surface area (Å²) < 4.78 is 0. The molecule has 29 heavy (non-hydrogen) atoms. The quantitative estimate of drug-likeness (QED) is 0.645. The summed E-state index contributed by atoms with van der Waals surface area (Å²) in [6.07, 6.45) is 3.86. The maximum atomic E-state index is 12.7. The van der Waals surface area contributed by atoms with Gasteiger partial charge in [0.15, 0.2) is 0 Å². The molecule has 8 heteroatoms. The van der Waals surface area contributed by atoms with Crippen molar-refractivity contribution in [1.82, 2.24) is 20.2 Å². The van der Waals surface area contributed by atoms with E-state index in [9.17, 15) is 9.59 Å². The molecular weight excluding hydrogens is 411 g/mol. The van der Waals surface area contributed by atoms with Gasteiger partial charge in [0.2, 0.25) is 5.91 Å². The summed E-state index contributed by atoms with van der Waals surface area (Å²) in [4.78, 5) is 34.9. The normalized spacial score (nSPS) is 10.8. The second kappa shape index (κ2) is 11.1. The molecule has 0 aliphatic heterocycles. The first-order valence-corrected chi connectivity index (χ1v) is 10.3. The average molecular weight is 437 g/mol. The van der Waals surface area contributed by atoms with Crippen LogP contribution in [0.25, 0.3) is 0 Å². The van der Waals surface area contributed by atoms with Crippen LogP contribution in [0.5, 0.6) is 0 Å². The van der Waals surface area contributed by atoms with Crippen LogP contribution in [0.1, 0.15) is 42.0 Å². The van der Waals surface area contributed by atoms with Crippen LogP contribution in [0, 0.1) is 12.8 Å². The molecule has 0 fully saturated rings. The van der Waals surface area contributed by atoms with Crippen LogP contribution in [0.4, 0.5) is 0 Å². The Morgan fingerprint density at radius 1 is 1.17 bits per heavy atom. The lowest BCUT2D eigenvalue weighted by atomic mass is 10.1. The third-order valence-corrected chi connectivity index (χ3v) is 4.80. The van der Waals surface area contributed by atoms with Crippen LogP contribution < -0.4 is 5.32 Å². The summed E-state index contributed by atoms with van der Waals surface area (Å²) in [7, 11) is 0. The lowest BCUT2D eigenvalue weighted by Gasteiger charge is -2.24. The minimum Gasteiger partial charge on any atom is -0.356 e. The van der Waals surface area contributed by atoms with Gasteiger partial charge in [-0.2, -0.15) is 0 Å². The van der Waals surface area contributed by atoms with Crippen molar-refractivity contribution in [3.05, 3.63) is 57.6 Å². The van der Waals surface area contributed by atoms with Gasteiger partial charge in [0.25, 0.3) is 5.91 Å². The Balaban J connectivity index is 1.86. The molecular formula is C21H26Cl2N4O2. The molecule has 2 amide bonds. The van der Waals surface area contributed by atoms with Crippen molar-refractivity contribution < 1.29 is 9.59 Å². The molecule has 0 spiro atoms. The van der Waals surface area contributed by atoms with E-state index in [1.54, 1.807) is 23.2 Å². The van der Waals surface area contributed by atoms with Gasteiger partial charge in [0.1, 0.15) is 5.69 Å². The minimum atomic E-state index is -0.216. The number of hydrogen-bond acceptors (Lipinski definition) is 4. The Kier molecular flexibility index (Phi) is 8.86. The van der Waals surface area contributed by atoms with Gasteiger partial charge < -0.3 is 10.2 Å². The molecule has 0 radical (unpaired) electrons. The Bertz CT molecular complexity index is 841. The Morgan fingerprint density at radius 2 is 1.93 bits per heavy atom. The van der Waals surface area contributed by atoms with Gasteiger partial charge in [-0.05, 0) is 37.0 Å².